The zero-order chi connectivity index (χ0) is 8.81. The Labute approximate surface area is 75.4 Å². The molecule has 0 aromatic carbocycles. The Morgan fingerprint density at radius 3 is 3.17 bits per heavy atom. The highest BCUT2D eigenvalue weighted by Crippen LogP contribution is 2.12. The minimum atomic E-state index is 0.192. The zero-order valence-corrected chi connectivity index (χ0v) is 7.76. The maximum atomic E-state index is 9.90. The first kappa shape index (κ1) is 9.35. The lowest BCUT2D eigenvalue weighted by molar-refractivity contribution is -0.111. The number of thiazole rings is 1. The van der Waals surface area contributed by atoms with Crippen LogP contribution in [0.4, 0.5) is 0 Å². The second-order valence-electron chi connectivity index (χ2n) is 2.35. The highest BCUT2D eigenvalue weighted by molar-refractivity contribution is 7.09. The van der Waals surface area contributed by atoms with Crippen LogP contribution in [-0.2, 0) is 16.0 Å². The molecule has 0 saturated carbocycles. The number of hydrogen-bond donors (Lipinski definition) is 0. The molecule has 1 heterocycles. The standard InChI is InChI=1S/C8H11NO2S/c1-7-8(12-6-9-7)2-4-11-5-3-10/h3,6H,2,4-5H2,1H3. The molecule has 4 heteroatoms. The van der Waals surface area contributed by atoms with Crippen LogP contribution in [0.1, 0.15) is 10.6 Å². The number of carbonyl (C=O) groups excluding carboxylic acids is 1. The van der Waals surface area contributed by atoms with E-state index in [4.69, 9.17) is 4.74 Å². The van der Waals surface area contributed by atoms with Gasteiger partial charge >= 0.3 is 0 Å². The molecule has 1 rings (SSSR count). The van der Waals surface area contributed by atoms with Gasteiger partial charge in [0, 0.05) is 11.3 Å². The lowest BCUT2D eigenvalue weighted by atomic mass is 10.3. The molecule has 0 N–H and O–H groups in total. The average molecular weight is 185 g/mol. The van der Waals surface area contributed by atoms with Crippen molar-refractivity contribution in [2.24, 2.45) is 0 Å². The molecule has 0 atom stereocenters. The molecule has 0 fully saturated rings. The van der Waals surface area contributed by atoms with Crippen LogP contribution in [0.3, 0.4) is 0 Å². The third-order valence-corrected chi connectivity index (χ3v) is 2.50. The van der Waals surface area contributed by atoms with Gasteiger partial charge in [-0.1, -0.05) is 0 Å². The van der Waals surface area contributed by atoms with Crippen molar-refractivity contribution in [3.63, 3.8) is 0 Å². The molecule has 66 valence electrons. The highest BCUT2D eigenvalue weighted by atomic mass is 32.1. The fraction of sp³-hybridized carbons (Fsp3) is 0.500. The normalized spacial score (nSPS) is 10.1. The van der Waals surface area contributed by atoms with Crippen molar-refractivity contribution in [1.82, 2.24) is 4.98 Å². The number of aldehydes is 1. The van der Waals surface area contributed by atoms with E-state index in [0.29, 0.717) is 6.61 Å². The van der Waals surface area contributed by atoms with E-state index in [0.717, 1.165) is 18.4 Å². The van der Waals surface area contributed by atoms with Crippen molar-refractivity contribution >= 4 is 17.6 Å². The molecule has 3 nitrogen and oxygen atoms in total. The molecule has 0 unspecified atom stereocenters. The van der Waals surface area contributed by atoms with Crippen LogP contribution >= 0.6 is 11.3 Å². The number of aromatic nitrogens is 1. The summed E-state index contributed by atoms with van der Waals surface area (Å²) in [4.78, 5) is 15.2. The quantitative estimate of drug-likeness (QED) is 0.511. The Morgan fingerprint density at radius 1 is 1.75 bits per heavy atom. The van der Waals surface area contributed by atoms with E-state index in [9.17, 15) is 4.79 Å². The summed E-state index contributed by atoms with van der Waals surface area (Å²) in [5.74, 6) is 0. The van der Waals surface area contributed by atoms with Crippen LogP contribution in [0.25, 0.3) is 0 Å². The molecule has 0 aliphatic carbocycles. The molecule has 0 amide bonds. The van der Waals surface area contributed by atoms with Crippen molar-refractivity contribution in [1.29, 1.82) is 0 Å². The van der Waals surface area contributed by atoms with E-state index < -0.39 is 0 Å². The number of ether oxygens (including phenoxy) is 1. The van der Waals surface area contributed by atoms with Crippen LogP contribution in [0.5, 0.6) is 0 Å². The first-order valence-electron chi connectivity index (χ1n) is 3.75. The van der Waals surface area contributed by atoms with Crippen molar-refractivity contribution in [3.8, 4) is 0 Å². The summed E-state index contributed by atoms with van der Waals surface area (Å²) in [5, 5.41) is 0. The van der Waals surface area contributed by atoms with Crippen LogP contribution in [-0.4, -0.2) is 24.5 Å². The maximum Gasteiger partial charge on any atom is 0.145 e. The monoisotopic (exact) mass is 185 g/mol. The largest absolute Gasteiger partial charge is 0.374 e. The van der Waals surface area contributed by atoms with Gasteiger partial charge in [-0.25, -0.2) is 4.98 Å². The minimum absolute atomic E-state index is 0.192. The van der Waals surface area contributed by atoms with Gasteiger partial charge in [0.05, 0.1) is 17.8 Å². The lowest BCUT2D eigenvalue weighted by Gasteiger charge is -1.97. The second kappa shape index (κ2) is 5.00. The molecular formula is C8H11NO2S. The smallest absolute Gasteiger partial charge is 0.145 e. The van der Waals surface area contributed by atoms with Gasteiger partial charge in [-0.2, -0.15) is 0 Å². The number of hydrogen-bond acceptors (Lipinski definition) is 4. The predicted octanol–water partition coefficient (Wildman–Crippen LogP) is 1.21. The molecule has 0 aliphatic heterocycles. The summed E-state index contributed by atoms with van der Waals surface area (Å²) in [6.45, 7) is 2.77. The molecular weight excluding hydrogens is 174 g/mol. The van der Waals surface area contributed by atoms with Crippen LogP contribution in [0, 0.1) is 6.92 Å². The van der Waals surface area contributed by atoms with Gasteiger partial charge in [0.1, 0.15) is 12.9 Å². The van der Waals surface area contributed by atoms with Crippen molar-refractivity contribution < 1.29 is 9.53 Å². The van der Waals surface area contributed by atoms with Gasteiger partial charge in [0.2, 0.25) is 0 Å². The highest BCUT2D eigenvalue weighted by Gasteiger charge is 1.99. The number of nitrogens with zero attached hydrogens (tertiary/aromatic N) is 1. The topological polar surface area (TPSA) is 39.2 Å². The van der Waals surface area contributed by atoms with Crippen LogP contribution in [0.15, 0.2) is 5.51 Å². The van der Waals surface area contributed by atoms with Gasteiger partial charge in [-0.05, 0) is 6.92 Å². The first-order chi connectivity index (χ1) is 5.84. The Balaban J connectivity index is 2.24. The molecule has 0 saturated heterocycles. The predicted molar refractivity (Wildman–Crippen MR) is 47.4 cm³/mol. The lowest BCUT2D eigenvalue weighted by Crippen LogP contribution is -2.00. The molecule has 12 heavy (non-hydrogen) atoms. The van der Waals surface area contributed by atoms with Gasteiger partial charge in [-0.15, -0.1) is 11.3 Å². The maximum absolute atomic E-state index is 9.90. The second-order valence-corrected chi connectivity index (χ2v) is 3.29. The molecule has 0 bridgehead atoms. The SMILES string of the molecule is Cc1ncsc1CCOCC=O. The number of aryl methyl sites for hydroxylation is 1. The van der Waals surface area contributed by atoms with Crippen LogP contribution < -0.4 is 0 Å². The first-order valence-corrected chi connectivity index (χ1v) is 4.63. The molecule has 0 radical (unpaired) electrons. The van der Waals surface area contributed by atoms with Gasteiger partial charge < -0.3 is 9.53 Å². The summed E-state index contributed by atoms with van der Waals surface area (Å²) >= 11 is 1.63. The Hall–Kier alpha value is -0.740. The third-order valence-electron chi connectivity index (χ3n) is 1.50. The Bertz CT molecular complexity index is 247. The van der Waals surface area contributed by atoms with E-state index in [1.54, 1.807) is 11.3 Å². The Morgan fingerprint density at radius 2 is 2.58 bits per heavy atom. The van der Waals surface area contributed by atoms with E-state index in [2.05, 4.69) is 4.98 Å². The van der Waals surface area contributed by atoms with Crippen molar-refractivity contribution in [3.05, 3.63) is 16.1 Å². The minimum Gasteiger partial charge on any atom is -0.374 e. The summed E-state index contributed by atoms with van der Waals surface area (Å²) in [7, 11) is 0. The van der Waals surface area contributed by atoms with Crippen LogP contribution in [0.2, 0.25) is 0 Å². The van der Waals surface area contributed by atoms with Crippen molar-refractivity contribution in [2.45, 2.75) is 13.3 Å². The molecule has 0 aliphatic rings. The van der Waals surface area contributed by atoms with Gasteiger partial charge in [0.25, 0.3) is 0 Å². The van der Waals surface area contributed by atoms with Gasteiger partial charge in [-0.3, -0.25) is 0 Å². The molecule has 1 aromatic heterocycles. The fourth-order valence-electron chi connectivity index (χ4n) is 0.862. The van der Waals surface area contributed by atoms with E-state index in [1.165, 1.54) is 4.88 Å². The molecule has 1 aromatic rings. The summed E-state index contributed by atoms with van der Waals surface area (Å²) in [5.41, 5.74) is 2.89. The van der Waals surface area contributed by atoms with Gasteiger partial charge in [0.15, 0.2) is 0 Å². The van der Waals surface area contributed by atoms with E-state index in [-0.39, 0.29) is 6.61 Å². The number of rotatable bonds is 5. The summed E-state index contributed by atoms with van der Waals surface area (Å²) in [6.07, 6.45) is 1.61. The summed E-state index contributed by atoms with van der Waals surface area (Å²) < 4.78 is 5.02. The summed E-state index contributed by atoms with van der Waals surface area (Å²) in [6, 6.07) is 0. The number of carbonyl (C=O) groups is 1. The van der Waals surface area contributed by atoms with E-state index in [1.807, 2.05) is 12.4 Å². The molecule has 0 spiro atoms. The average Bonchev–Trinajstić information content (AvgIpc) is 2.46. The van der Waals surface area contributed by atoms with Crippen molar-refractivity contribution in [2.75, 3.05) is 13.2 Å². The van der Waals surface area contributed by atoms with E-state index >= 15 is 0 Å². The zero-order valence-electron chi connectivity index (χ0n) is 6.95. The fourth-order valence-corrected chi connectivity index (χ4v) is 1.62. The third kappa shape index (κ3) is 2.71. The Kier molecular flexibility index (Phi) is 3.90.